The lowest BCUT2D eigenvalue weighted by Gasteiger charge is -2.36. The van der Waals surface area contributed by atoms with Gasteiger partial charge < -0.3 is 35.8 Å². The second-order valence-electron chi connectivity index (χ2n) is 9.69. The third-order valence-electron chi connectivity index (χ3n) is 5.44. The standard InChI is InChI=1S/C23H30N2O8/c1-22(2,3)33-21(31)25-7-5-6-24-12-8-13(26)16-17(19(12)29)18(28)11-9-23(4,32)10-14(27)15(11)20(16)30/h8,14,24,26-27,29,32H,5-7,9-10H2,1-4H3,(H,25,31)/t14-,23-/m0/s1. The lowest BCUT2D eigenvalue weighted by Crippen LogP contribution is -2.42. The Kier molecular flexibility index (Phi) is 6.45. The number of rotatable bonds is 5. The average Bonchev–Trinajstić information content (AvgIpc) is 2.65. The van der Waals surface area contributed by atoms with Gasteiger partial charge in [0.25, 0.3) is 0 Å². The van der Waals surface area contributed by atoms with Gasteiger partial charge in [0.2, 0.25) is 0 Å². The molecule has 2 atom stereocenters. The highest BCUT2D eigenvalue weighted by Crippen LogP contribution is 2.46. The number of carbonyl (C=O) groups is 3. The van der Waals surface area contributed by atoms with E-state index < -0.39 is 46.5 Å². The molecule has 0 saturated carbocycles. The number of ether oxygens (including phenoxy) is 1. The smallest absolute Gasteiger partial charge is 0.407 e. The van der Waals surface area contributed by atoms with Gasteiger partial charge in [0.1, 0.15) is 11.4 Å². The van der Waals surface area contributed by atoms with Crippen molar-refractivity contribution < 1.29 is 39.5 Å². The molecule has 2 aliphatic carbocycles. The van der Waals surface area contributed by atoms with Crippen LogP contribution in [0.3, 0.4) is 0 Å². The van der Waals surface area contributed by atoms with Gasteiger partial charge in [0.05, 0.1) is 28.5 Å². The van der Waals surface area contributed by atoms with Crippen molar-refractivity contribution in [1.82, 2.24) is 5.32 Å². The Morgan fingerprint density at radius 2 is 1.85 bits per heavy atom. The fourth-order valence-electron chi connectivity index (χ4n) is 4.10. The van der Waals surface area contributed by atoms with Gasteiger partial charge in [-0.2, -0.15) is 0 Å². The molecule has 1 aromatic carbocycles. The van der Waals surface area contributed by atoms with Crippen LogP contribution >= 0.6 is 0 Å². The van der Waals surface area contributed by atoms with Crippen molar-refractivity contribution in [2.75, 3.05) is 18.4 Å². The quantitative estimate of drug-likeness (QED) is 0.218. The van der Waals surface area contributed by atoms with Gasteiger partial charge in [0, 0.05) is 43.1 Å². The predicted octanol–water partition coefficient (Wildman–Crippen LogP) is 2.01. The van der Waals surface area contributed by atoms with Gasteiger partial charge in [0.15, 0.2) is 17.3 Å². The Bertz CT molecular complexity index is 1040. The van der Waals surface area contributed by atoms with E-state index in [4.69, 9.17) is 4.74 Å². The number of hydrogen-bond acceptors (Lipinski definition) is 9. The van der Waals surface area contributed by atoms with Gasteiger partial charge in [-0.15, -0.1) is 0 Å². The van der Waals surface area contributed by atoms with E-state index in [2.05, 4.69) is 10.6 Å². The van der Waals surface area contributed by atoms with Crippen molar-refractivity contribution in [2.45, 2.75) is 64.3 Å². The number of carbonyl (C=O) groups excluding carboxylic acids is 3. The number of Topliss-reactive ketones (excluding diaryl/α,β-unsaturated/α-hetero) is 2. The normalized spacial score (nSPS) is 22.5. The van der Waals surface area contributed by atoms with Crippen LogP contribution in [0.15, 0.2) is 17.2 Å². The molecule has 0 heterocycles. The zero-order valence-corrected chi connectivity index (χ0v) is 19.1. The van der Waals surface area contributed by atoms with Crippen molar-refractivity contribution in [3.63, 3.8) is 0 Å². The Morgan fingerprint density at radius 3 is 2.48 bits per heavy atom. The van der Waals surface area contributed by atoms with Gasteiger partial charge in [-0.3, -0.25) is 9.59 Å². The van der Waals surface area contributed by atoms with Gasteiger partial charge in [-0.1, -0.05) is 0 Å². The van der Waals surface area contributed by atoms with Crippen LogP contribution in [0.2, 0.25) is 0 Å². The van der Waals surface area contributed by atoms with Gasteiger partial charge in [-0.05, 0) is 34.1 Å². The van der Waals surface area contributed by atoms with Crippen molar-refractivity contribution in [3.05, 3.63) is 28.3 Å². The van der Waals surface area contributed by atoms with Crippen molar-refractivity contribution >= 4 is 23.3 Å². The van der Waals surface area contributed by atoms with E-state index in [1.165, 1.54) is 6.92 Å². The summed E-state index contributed by atoms with van der Waals surface area (Å²) < 4.78 is 5.13. The number of hydrogen-bond donors (Lipinski definition) is 6. The van der Waals surface area contributed by atoms with Crippen LogP contribution in [-0.2, 0) is 4.74 Å². The molecular weight excluding hydrogens is 432 g/mol. The first-order valence-corrected chi connectivity index (χ1v) is 10.7. The van der Waals surface area contributed by atoms with Crippen molar-refractivity contribution in [2.24, 2.45) is 0 Å². The number of aliphatic hydroxyl groups is 2. The van der Waals surface area contributed by atoms with Crippen LogP contribution in [0, 0.1) is 0 Å². The minimum absolute atomic E-state index is 0.0387. The highest BCUT2D eigenvalue weighted by molar-refractivity contribution is 6.30. The molecule has 2 aliphatic rings. The monoisotopic (exact) mass is 462 g/mol. The minimum Gasteiger partial charge on any atom is -0.507 e. The number of amides is 1. The largest absolute Gasteiger partial charge is 0.507 e. The lowest BCUT2D eigenvalue weighted by atomic mass is 9.71. The van der Waals surface area contributed by atoms with Crippen LogP contribution < -0.4 is 10.6 Å². The van der Waals surface area contributed by atoms with Crippen molar-refractivity contribution in [1.29, 1.82) is 0 Å². The summed E-state index contributed by atoms with van der Waals surface area (Å²) in [5.41, 5.74) is -2.91. The molecule has 0 fully saturated rings. The molecule has 10 nitrogen and oxygen atoms in total. The zero-order valence-electron chi connectivity index (χ0n) is 19.1. The molecule has 0 saturated heterocycles. The molecule has 0 unspecified atom stereocenters. The Hall–Kier alpha value is -3.11. The highest BCUT2D eigenvalue weighted by atomic mass is 16.6. The third kappa shape index (κ3) is 5.12. The summed E-state index contributed by atoms with van der Waals surface area (Å²) in [6, 6.07) is 1.14. The first-order valence-electron chi connectivity index (χ1n) is 10.7. The number of nitrogens with one attached hydrogen (secondary N) is 2. The topological polar surface area (TPSA) is 165 Å². The zero-order chi connectivity index (χ0) is 24.7. The highest BCUT2D eigenvalue weighted by Gasteiger charge is 2.46. The number of phenols is 2. The summed E-state index contributed by atoms with van der Waals surface area (Å²) in [6.45, 7) is 7.25. The van der Waals surface area contributed by atoms with E-state index >= 15 is 0 Å². The van der Waals surface area contributed by atoms with E-state index in [1.54, 1.807) is 20.8 Å². The summed E-state index contributed by atoms with van der Waals surface area (Å²) >= 11 is 0. The maximum absolute atomic E-state index is 13.1. The summed E-state index contributed by atoms with van der Waals surface area (Å²) in [6.07, 6.45) is -1.75. The van der Waals surface area contributed by atoms with E-state index in [0.29, 0.717) is 6.42 Å². The Morgan fingerprint density at radius 1 is 1.18 bits per heavy atom. The minimum atomic E-state index is -1.39. The maximum Gasteiger partial charge on any atom is 0.407 e. The molecule has 180 valence electrons. The molecule has 3 rings (SSSR count). The van der Waals surface area contributed by atoms with E-state index in [9.17, 15) is 34.8 Å². The predicted molar refractivity (Wildman–Crippen MR) is 119 cm³/mol. The Labute approximate surface area is 191 Å². The number of aliphatic hydroxyl groups excluding tert-OH is 1. The van der Waals surface area contributed by atoms with Crippen molar-refractivity contribution in [3.8, 4) is 11.5 Å². The maximum atomic E-state index is 13.1. The van der Waals surface area contributed by atoms with Crippen LogP contribution in [0.1, 0.15) is 67.7 Å². The van der Waals surface area contributed by atoms with Gasteiger partial charge >= 0.3 is 6.09 Å². The molecule has 6 N–H and O–H groups in total. The molecule has 0 aliphatic heterocycles. The summed E-state index contributed by atoms with van der Waals surface area (Å²) in [5.74, 6) is -2.48. The fourth-order valence-corrected chi connectivity index (χ4v) is 4.10. The third-order valence-corrected chi connectivity index (χ3v) is 5.44. The Balaban J connectivity index is 1.75. The van der Waals surface area contributed by atoms with E-state index in [-0.39, 0.29) is 53.9 Å². The number of phenolic OH excluding ortho intramolecular Hbond substituents is 2. The van der Waals surface area contributed by atoms with Crippen LogP contribution in [0.25, 0.3) is 0 Å². The number of fused-ring (bicyclic) bond motifs is 1. The summed E-state index contributed by atoms with van der Waals surface area (Å²) in [5, 5.41) is 47.4. The van der Waals surface area contributed by atoms with Gasteiger partial charge in [-0.25, -0.2) is 4.79 Å². The SMILES string of the molecule is CC(C)(C)OC(=O)NCCCNc1cc(O)c2c(c1O)C(=O)C1=C(C2=O)[C@@H](O)C[C@@](C)(O)C1. The molecular formula is C23H30N2O8. The molecule has 1 aromatic rings. The molecule has 0 bridgehead atoms. The second-order valence-corrected chi connectivity index (χ2v) is 9.69. The first kappa shape index (κ1) is 24.5. The van der Waals surface area contributed by atoms with E-state index in [0.717, 1.165) is 6.07 Å². The van der Waals surface area contributed by atoms with E-state index in [1.807, 2.05) is 0 Å². The fraction of sp³-hybridized carbons (Fsp3) is 0.522. The lowest BCUT2D eigenvalue weighted by molar-refractivity contribution is 0.00372. The molecule has 33 heavy (non-hydrogen) atoms. The molecule has 0 aromatic heterocycles. The molecule has 10 heteroatoms. The second kappa shape index (κ2) is 8.68. The molecule has 0 spiro atoms. The number of alkyl carbamates (subject to hydrolysis) is 1. The van der Waals surface area contributed by atoms with Crippen LogP contribution in [0.5, 0.6) is 11.5 Å². The summed E-state index contributed by atoms with van der Waals surface area (Å²) in [4.78, 5) is 37.8. The van der Waals surface area contributed by atoms with Crippen LogP contribution in [-0.4, -0.2) is 68.5 Å². The molecule has 0 radical (unpaired) electrons. The number of anilines is 1. The first-order chi connectivity index (χ1) is 15.2. The molecule has 1 amide bonds. The van der Waals surface area contributed by atoms with Crippen LogP contribution in [0.4, 0.5) is 10.5 Å². The number of ketones is 2. The summed E-state index contributed by atoms with van der Waals surface area (Å²) in [7, 11) is 0. The number of benzene rings is 1. The number of aromatic hydroxyl groups is 2. The average molecular weight is 462 g/mol.